The van der Waals surface area contributed by atoms with E-state index in [9.17, 15) is 14.4 Å². The van der Waals surface area contributed by atoms with Gasteiger partial charge in [0.05, 0.1) is 11.0 Å². The number of nitrogens with one attached hydrogen (secondary N) is 2. The van der Waals surface area contributed by atoms with Crippen LogP contribution in [0.3, 0.4) is 0 Å². The number of carboxylic acid groups (broad SMARTS) is 1. The van der Waals surface area contributed by atoms with Crippen LogP contribution in [0.15, 0.2) is 24.3 Å². The number of benzene rings is 1. The average molecular weight is 373 g/mol. The molecule has 0 saturated carbocycles. The van der Waals surface area contributed by atoms with Gasteiger partial charge >= 0.3 is 12.0 Å². The molecule has 3 amide bonds. The second-order valence-electron chi connectivity index (χ2n) is 6.63. The van der Waals surface area contributed by atoms with Crippen molar-refractivity contribution in [3.8, 4) is 0 Å². The fraction of sp³-hybridized carbons (Fsp3) is 0.444. The van der Waals surface area contributed by atoms with Crippen molar-refractivity contribution in [3.05, 3.63) is 24.3 Å². The Kier molecular flexibility index (Phi) is 5.29. The van der Waals surface area contributed by atoms with Gasteiger partial charge in [-0.1, -0.05) is 32.4 Å². The zero-order valence-electron chi connectivity index (χ0n) is 15.3. The van der Waals surface area contributed by atoms with Crippen LogP contribution in [-0.4, -0.2) is 51.7 Å². The quantitative estimate of drug-likeness (QED) is 0.703. The first-order valence-electron chi connectivity index (χ1n) is 8.95. The lowest BCUT2D eigenvalue weighted by Crippen LogP contribution is -2.54. The minimum Gasteiger partial charge on any atom is -0.480 e. The lowest BCUT2D eigenvalue weighted by atomic mass is 9.98. The average Bonchev–Trinajstić information content (AvgIpc) is 3.22. The normalized spacial score (nSPS) is 15.3. The first-order chi connectivity index (χ1) is 12.9. The van der Waals surface area contributed by atoms with E-state index in [0.29, 0.717) is 25.5 Å². The van der Waals surface area contributed by atoms with E-state index in [4.69, 9.17) is 5.11 Å². The van der Waals surface area contributed by atoms with E-state index in [2.05, 4.69) is 15.6 Å². The van der Waals surface area contributed by atoms with Crippen molar-refractivity contribution >= 4 is 34.9 Å². The summed E-state index contributed by atoms with van der Waals surface area (Å²) >= 11 is 0. The van der Waals surface area contributed by atoms with Gasteiger partial charge in [0.25, 0.3) is 0 Å². The molecule has 1 unspecified atom stereocenters. The maximum Gasteiger partial charge on any atom is 0.324 e. The van der Waals surface area contributed by atoms with Gasteiger partial charge in [-0.15, -0.1) is 0 Å². The smallest absolute Gasteiger partial charge is 0.324 e. The molecular weight excluding hydrogens is 350 g/mol. The highest BCUT2D eigenvalue weighted by Crippen LogP contribution is 2.27. The number of hydrogen-bond acceptors (Lipinski definition) is 4. The Morgan fingerprint density at radius 3 is 2.70 bits per heavy atom. The van der Waals surface area contributed by atoms with Gasteiger partial charge in [-0.25, -0.2) is 9.78 Å². The van der Waals surface area contributed by atoms with Crippen molar-refractivity contribution in [1.29, 1.82) is 0 Å². The third-order valence-corrected chi connectivity index (χ3v) is 4.86. The molecule has 1 aromatic heterocycles. The van der Waals surface area contributed by atoms with Crippen molar-refractivity contribution in [2.24, 2.45) is 5.92 Å². The van der Waals surface area contributed by atoms with E-state index in [1.54, 1.807) is 0 Å². The number of para-hydroxylation sites is 2. The Balaban J connectivity index is 1.77. The van der Waals surface area contributed by atoms with Gasteiger partial charge in [0, 0.05) is 13.1 Å². The molecule has 2 aromatic rings. The third kappa shape index (κ3) is 3.71. The first kappa shape index (κ1) is 18.7. The van der Waals surface area contributed by atoms with Crippen LogP contribution in [0.2, 0.25) is 0 Å². The van der Waals surface area contributed by atoms with Gasteiger partial charge in [0.15, 0.2) is 0 Å². The van der Waals surface area contributed by atoms with Gasteiger partial charge in [-0.05, 0) is 18.1 Å². The Bertz CT molecular complexity index is 878. The van der Waals surface area contributed by atoms with Crippen molar-refractivity contribution < 1.29 is 19.5 Å². The molecule has 1 aromatic carbocycles. The van der Waals surface area contributed by atoms with Crippen LogP contribution in [0.1, 0.15) is 20.3 Å². The molecular formula is C18H23N5O4. The van der Waals surface area contributed by atoms with Crippen molar-refractivity contribution in [2.75, 3.05) is 18.0 Å². The molecule has 9 nitrogen and oxygen atoms in total. The van der Waals surface area contributed by atoms with E-state index >= 15 is 0 Å². The molecule has 144 valence electrons. The first-order valence-corrected chi connectivity index (χ1v) is 8.95. The predicted octanol–water partition coefficient (Wildman–Crippen LogP) is 1.18. The Hall–Kier alpha value is -3.10. The second kappa shape index (κ2) is 7.65. The number of carboxylic acids is 1. The number of imidazole rings is 1. The van der Waals surface area contributed by atoms with Crippen LogP contribution < -0.4 is 15.5 Å². The summed E-state index contributed by atoms with van der Waals surface area (Å²) in [5.74, 6) is -1.25. The van der Waals surface area contributed by atoms with Crippen LogP contribution >= 0.6 is 0 Å². The number of aromatic nitrogens is 2. The van der Waals surface area contributed by atoms with Crippen molar-refractivity contribution in [2.45, 2.75) is 32.9 Å². The molecule has 1 aliphatic heterocycles. The largest absolute Gasteiger partial charge is 0.480 e. The van der Waals surface area contributed by atoms with E-state index in [1.807, 2.05) is 42.7 Å². The summed E-state index contributed by atoms with van der Waals surface area (Å²) in [5, 5.41) is 13.8. The number of hydrogen-bond donors (Lipinski definition) is 3. The second-order valence-corrected chi connectivity index (χ2v) is 6.63. The highest BCUT2D eigenvalue weighted by molar-refractivity contribution is 5.97. The van der Waals surface area contributed by atoms with E-state index in [1.165, 1.54) is 4.90 Å². The molecule has 3 N–H and O–H groups in total. The van der Waals surface area contributed by atoms with Crippen molar-refractivity contribution in [3.63, 3.8) is 0 Å². The molecule has 2 atom stereocenters. The van der Waals surface area contributed by atoms with Gasteiger partial charge in [-0.2, -0.15) is 0 Å². The van der Waals surface area contributed by atoms with Crippen LogP contribution in [0.4, 0.5) is 10.7 Å². The molecule has 1 aliphatic rings. The molecule has 0 bridgehead atoms. The molecule has 9 heteroatoms. The molecule has 0 saturated heterocycles. The fourth-order valence-electron chi connectivity index (χ4n) is 3.17. The number of nitrogens with zero attached hydrogens (tertiary/aromatic N) is 3. The Labute approximate surface area is 156 Å². The van der Waals surface area contributed by atoms with Gasteiger partial charge in [0.1, 0.15) is 12.6 Å². The van der Waals surface area contributed by atoms with E-state index < -0.39 is 30.5 Å². The maximum absolute atomic E-state index is 12.8. The summed E-state index contributed by atoms with van der Waals surface area (Å²) in [6.45, 7) is 4.35. The van der Waals surface area contributed by atoms with E-state index in [0.717, 1.165) is 11.0 Å². The summed E-state index contributed by atoms with van der Waals surface area (Å²) in [6, 6.07) is 6.42. The number of rotatable bonds is 6. The number of amides is 3. The van der Waals surface area contributed by atoms with Gasteiger partial charge in [-0.3, -0.25) is 14.5 Å². The summed E-state index contributed by atoms with van der Waals surface area (Å²) < 4.78 is 1.97. The molecule has 3 rings (SSSR count). The van der Waals surface area contributed by atoms with Gasteiger partial charge in [0.2, 0.25) is 11.9 Å². The fourth-order valence-corrected chi connectivity index (χ4v) is 3.17. The zero-order chi connectivity index (χ0) is 19.6. The SMILES string of the molecule is CCC(C)[C@H](NC(=O)N1CCn2c1nc1ccccc12)C(=O)NCC(=O)O. The molecule has 0 radical (unpaired) electrons. The topological polar surface area (TPSA) is 117 Å². The van der Waals surface area contributed by atoms with Crippen LogP contribution in [0.5, 0.6) is 0 Å². The highest BCUT2D eigenvalue weighted by Gasteiger charge is 2.32. The molecule has 27 heavy (non-hydrogen) atoms. The highest BCUT2D eigenvalue weighted by atomic mass is 16.4. The lowest BCUT2D eigenvalue weighted by Gasteiger charge is -2.25. The number of aliphatic carboxylic acids is 1. The molecule has 0 fully saturated rings. The van der Waals surface area contributed by atoms with Crippen LogP contribution in [-0.2, 0) is 16.1 Å². The number of anilines is 1. The number of fused-ring (bicyclic) bond motifs is 3. The monoisotopic (exact) mass is 373 g/mol. The minimum atomic E-state index is -1.13. The lowest BCUT2D eigenvalue weighted by molar-refractivity contribution is -0.138. The number of urea groups is 1. The van der Waals surface area contributed by atoms with E-state index in [-0.39, 0.29) is 5.92 Å². The summed E-state index contributed by atoms with van der Waals surface area (Å²) in [6.07, 6.45) is 0.657. The third-order valence-electron chi connectivity index (χ3n) is 4.86. The zero-order valence-corrected chi connectivity index (χ0v) is 15.3. The summed E-state index contributed by atoms with van der Waals surface area (Å²) in [5.41, 5.74) is 1.77. The standard InChI is InChI=1S/C18H23N5O4/c1-3-11(2)15(16(26)19-10-14(24)25)21-18(27)23-9-8-22-13-7-5-4-6-12(13)20-17(22)23/h4-7,11,15H,3,8-10H2,1-2H3,(H,19,26)(H,21,27)(H,24,25)/t11?,15-/m0/s1. The van der Waals surface area contributed by atoms with Crippen molar-refractivity contribution in [1.82, 2.24) is 20.2 Å². The van der Waals surface area contributed by atoms with Crippen LogP contribution in [0, 0.1) is 5.92 Å². The van der Waals surface area contributed by atoms with Crippen LogP contribution in [0.25, 0.3) is 11.0 Å². The summed E-state index contributed by atoms with van der Waals surface area (Å²) in [7, 11) is 0. The molecule has 0 aliphatic carbocycles. The maximum atomic E-state index is 12.8. The van der Waals surface area contributed by atoms with Gasteiger partial charge < -0.3 is 20.3 Å². The molecule has 2 heterocycles. The predicted molar refractivity (Wildman–Crippen MR) is 99.5 cm³/mol. The Morgan fingerprint density at radius 1 is 1.26 bits per heavy atom. The summed E-state index contributed by atoms with van der Waals surface area (Å²) in [4.78, 5) is 41.9. The minimum absolute atomic E-state index is 0.149. The number of carbonyl (C=O) groups excluding carboxylic acids is 2. The molecule has 0 spiro atoms. The Morgan fingerprint density at radius 2 is 2.00 bits per heavy atom. The number of carbonyl (C=O) groups is 3.